The largest absolute Gasteiger partial charge is 0.376 e. The van der Waals surface area contributed by atoms with E-state index in [0.29, 0.717) is 12.6 Å². The highest BCUT2D eigenvalue weighted by molar-refractivity contribution is 5.43. The number of piperidine rings is 1. The third kappa shape index (κ3) is 3.24. The molecule has 1 saturated heterocycles. The third-order valence-corrected chi connectivity index (χ3v) is 4.44. The molecule has 0 spiro atoms. The van der Waals surface area contributed by atoms with Gasteiger partial charge in [0, 0.05) is 37.3 Å². The van der Waals surface area contributed by atoms with E-state index in [-0.39, 0.29) is 0 Å². The van der Waals surface area contributed by atoms with E-state index in [9.17, 15) is 0 Å². The summed E-state index contributed by atoms with van der Waals surface area (Å²) in [5.41, 5.74) is 2.27. The van der Waals surface area contributed by atoms with Gasteiger partial charge in [-0.1, -0.05) is 0 Å². The monoisotopic (exact) mass is 312 g/mol. The number of ether oxygens (including phenoxy) is 1. The van der Waals surface area contributed by atoms with Gasteiger partial charge in [-0.2, -0.15) is 5.10 Å². The molecule has 2 aromatic rings. The molecule has 0 unspecified atom stereocenters. The third-order valence-electron chi connectivity index (χ3n) is 4.44. The van der Waals surface area contributed by atoms with Crippen LogP contribution in [0.25, 0.3) is 0 Å². The van der Waals surface area contributed by atoms with E-state index < -0.39 is 0 Å². The molecule has 7 heteroatoms. The van der Waals surface area contributed by atoms with E-state index in [0.717, 1.165) is 56.3 Å². The van der Waals surface area contributed by atoms with Crippen LogP contribution in [0.2, 0.25) is 0 Å². The number of hydrogen-bond donors (Lipinski definition) is 1. The van der Waals surface area contributed by atoms with Gasteiger partial charge in [-0.15, -0.1) is 5.10 Å². The lowest BCUT2D eigenvalue weighted by atomic mass is 10.0. The number of hydrogen-bond acceptors (Lipinski definition) is 7. The summed E-state index contributed by atoms with van der Waals surface area (Å²) >= 11 is 0. The lowest BCUT2D eigenvalue weighted by Crippen LogP contribution is -2.40. The second-order valence-corrected chi connectivity index (χ2v) is 5.98. The van der Waals surface area contributed by atoms with E-state index in [2.05, 4.69) is 36.4 Å². The maximum Gasteiger partial charge on any atom is 0.151 e. The minimum absolute atomic E-state index is 0.440. The van der Waals surface area contributed by atoms with Gasteiger partial charge < -0.3 is 15.0 Å². The zero-order chi connectivity index (χ0) is 15.5. The molecule has 2 aromatic heterocycles. The molecule has 0 aliphatic carbocycles. The van der Waals surface area contributed by atoms with E-state index in [1.807, 2.05) is 6.07 Å². The first-order valence-electron chi connectivity index (χ1n) is 8.09. The van der Waals surface area contributed by atoms with Gasteiger partial charge in [-0.3, -0.25) is 0 Å². The number of fused-ring (bicyclic) bond motifs is 1. The Kier molecular flexibility index (Phi) is 4.02. The molecule has 120 valence electrons. The summed E-state index contributed by atoms with van der Waals surface area (Å²) in [7, 11) is 0. The Balaban J connectivity index is 1.38. The van der Waals surface area contributed by atoms with E-state index >= 15 is 0 Å². The van der Waals surface area contributed by atoms with Crippen LogP contribution in [0.3, 0.4) is 0 Å². The van der Waals surface area contributed by atoms with Gasteiger partial charge >= 0.3 is 0 Å². The molecule has 4 rings (SSSR count). The van der Waals surface area contributed by atoms with E-state index in [1.54, 1.807) is 12.5 Å². The molecular formula is C16H20N6O. The molecule has 0 aromatic carbocycles. The molecule has 1 fully saturated rings. The molecule has 0 radical (unpaired) electrons. The lowest BCUT2D eigenvalue weighted by molar-refractivity contribution is 0.109. The van der Waals surface area contributed by atoms with E-state index in [4.69, 9.17) is 4.74 Å². The van der Waals surface area contributed by atoms with Gasteiger partial charge in [0.2, 0.25) is 0 Å². The number of nitrogens with one attached hydrogen (secondary N) is 1. The van der Waals surface area contributed by atoms with Crippen molar-refractivity contribution in [3.05, 3.63) is 35.9 Å². The average Bonchev–Trinajstić information content (AvgIpc) is 2.63. The van der Waals surface area contributed by atoms with Crippen LogP contribution >= 0.6 is 0 Å². The molecule has 1 N–H and O–H groups in total. The minimum Gasteiger partial charge on any atom is -0.376 e. The molecule has 0 saturated carbocycles. The lowest BCUT2D eigenvalue weighted by Gasteiger charge is -2.33. The summed E-state index contributed by atoms with van der Waals surface area (Å²) in [5.74, 6) is 1.86. The van der Waals surface area contributed by atoms with Crippen LogP contribution < -0.4 is 10.2 Å². The SMILES string of the molecule is c1cc(NC2CCN(c3cc4c(nn3)CCOC4)CC2)ncn1. The topological polar surface area (TPSA) is 76.1 Å². The summed E-state index contributed by atoms with van der Waals surface area (Å²) in [6.45, 7) is 3.35. The Morgan fingerprint density at radius 3 is 2.96 bits per heavy atom. The molecule has 0 atom stereocenters. The van der Waals surface area contributed by atoms with Crippen molar-refractivity contribution in [2.75, 3.05) is 29.9 Å². The Hall–Kier alpha value is -2.28. The van der Waals surface area contributed by atoms with E-state index in [1.165, 1.54) is 5.56 Å². The van der Waals surface area contributed by atoms with Gasteiger partial charge in [0.15, 0.2) is 5.82 Å². The van der Waals surface area contributed by atoms with Crippen LogP contribution in [0.4, 0.5) is 11.6 Å². The molecule has 2 aliphatic heterocycles. The van der Waals surface area contributed by atoms with Crippen molar-refractivity contribution in [2.45, 2.75) is 31.9 Å². The standard InChI is InChI=1S/C16H20N6O/c1-5-17-11-18-15(1)19-13-2-6-22(7-3-13)16-9-12-10-23-8-4-14(12)20-21-16/h1,5,9,11,13H,2-4,6-8,10H2,(H,17,18,19). The van der Waals surface area contributed by atoms with Crippen molar-refractivity contribution in [3.8, 4) is 0 Å². The summed E-state index contributed by atoms with van der Waals surface area (Å²) in [4.78, 5) is 10.5. The minimum atomic E-state index is 0.440. The molecule has 4 heterocycles. The zero-order valence-corrected chi connectivity index (χ0v) is 13.0. The van der Waals surface area contributed by atoms with Crippen molar-refractivity contribution in [2.24, 2.45) is 0 Å². The van der Waals surface area contributed by atoms with Gasteiger partial charge in [0.25, 0.3) is 0 Å². The molecule has 0 bridgehead atoms. The van der Waals surface area contributed by atoms with Crippen LogP contribution in [0.15, 0.2) is 24.7 Å². The molecular weight excluding hydrogens is 292 g/mol. The van der Waals surface area contributed by atoms with Gasteiger partial charge in [-0.25, -0.2) is 9.97 Å². The smallest absolute Gasteiger partial charge is 0.151 e. The van der Waals surface area contributed by atoms with Gasteiger partial charge in [0.1, 0.15) is 12.1 Å². The second kappa shape index (κ2) is 6.45. The van der Waals surface area contributed by atoms with Crippen molar-refractivity contribution < 1.29 is 4.74 Å². The summed E-state index contributed by atoms with van der Waals surface area (Å²) in [6, 6.07) is 4.48. The predicted molar refractivity (Wildman–Crippen MR) is 86.3 cm³/mol. The molecule has 23 heavy (non-hydrogen) atoms. The Morgan fingerprint density at radius 1 is 1.22 bits per heavy atom. The fraction of sp³-hybridized carbons (Fsp3) is 0.500. The van der Waals surface area contributed by atoms with Crippen LogP contribution in [-0.4, -0.2) is 45.9 Å². The van der Waals surface area contributed by atoms with Crippen molar-refractivity contribution in [3.63, 3.8) is 0 Å². The number of nitrogens with zero attached hydrogens (tertiary/aromatic N) is 5. The first-order valence-corrected chi connectivity index (χ1v) is 8.09. The maximum atomic E-state index is 5.51. The number of anilines is 2. The summed E-state index contributed by atoms with van der Waals surface area (Å²) in [5, 5.41) is 12.3. The highest BCUT2D eigenvalue weighted by atomic mass is 16.5. The fourth-order valence-corrected chi connectivity index (χ4v) is 3.12. The van der Waals surface area contributed by atoms with Gasteiger partial charge in [-0.05, 0) is 25.0 Å². The number of rotatable bonds is 3. The Labute approximate surface area is 135 Å². The number of aromatic nitrogens is 4. The second-order valence-electron chi connectivity index (χ2n) is 5.98. The maximum absolute atomic E-state index is 5.51. The predicted octanol–water partition coefficient (Wildman–Crippen LogP) is 1.42. The highest BCUT2D eigenvalue weighted by Gasteiger charge is 2.22. The molecule has 2 aliphatic rings. The van der Waals surface area contributed by atoms with Crippen LogP contribution in [0.1, 0.15) is 24.1 Å². The Bertz CT molecular complexity index is 657. The summed E-state index contributed by atoms with van der Waals surface area (Å²) in [6.07, 6.45) is 6.31. The normalized spacial score (nSPS) is 18.5. The van der Waals surface area contributed by atoms with Crippen molar-refractivity contribution >= 4 is 11.6 Å². The highest BCUT2D eigenvalue weighted by Crippen LogP contribution is 2.23. The summed E-state index contributed by atoms with van der Waals surface area (Å²) < 4.78 is 5.51. The first-order chi connectivity index (χ1) is 11.4. The molecule has 7 nitrogen and oxygen atoms in total. The van der Waals surface area contributed by atoms with Gasteiger partial charge in [0.05, 0.1) is 18.9 Å². The Morgan fingerprint density at radius 2 is 2.13 bits per heavy atom. The fourth-order valence-electron chi connectivity index (χ4n) is 3.12. The first kappa shape index (κ1) is 14.3. The zero-order valence-electron chi connectivity index (χ0n) is 13.0. The quantitative estimate of drug-likeness (QED) is 0.918. The van der Waals surface area contributed by atoms with Crippen LogP contribution in [0.5, 0.6) is 0 Å². The average molecular weight is 312 g/mol. The van der Waals surface area contributed by atoms with Crippen molar-refractivity contribution in [1.29, 1.82) is 0 Å². The van der Waals surface area contributed by atoms with Crippen LogP contribution in [0, 0.1) is 0 Å². The van der Waals surface area contributed by atoms with Crippen molar-refractivity contribution in [1.82, 2.24) is 20.2 Å². The molecule has 0 amide bonds. The van der Waals surface area contributed by atoms with Crippen LogP contribution in [-0.2, 0) is 17.8 Å².